The minimum atomic E-state index is -4.56. The third-order valence-corrected chi connectivity index (χ3v) is 2.10. The maximum absolute atomic E-state index is 13.0. The first kappa shape index (κ1) is 13.0. The first-order valence-corrected chi connectivity index (χ1v) is 4.38. The van der Waals surface area contributed by atoms with Crippen molar-refractivity contribution in [3.8, 4) is 0 Å². The SMILES string of the molecule is O=C(O)c1ccccc1C(O)C(F)(F)C(=O)[O-]. The Labute approximate surface area is 93.9 Å². The second-order valence-electron chi connectivity index (χ2n) is 3.21. The van der Waals surface area contributed by atoms with Crippen molar-refractivity contribution < 1.29 is 33.7 Å². The molecule has 1 aromatic rings. The van der Waals surface area contributed by atoms with E-state index in [1.165, 1.54) is 12.1 Å². The Balaban J connectivity index is 3.26. The van der Waals surface area contributed by atoms with E-state index in [1.807, 2.05) is 0 Å². The van der Waals surface area contributed by atoms with Gasteiger partial charge in [0.2, 0.25) is 0 Å². The van der Waals surface area contributed by atoms with Crippen LogP contribution in [0.5, 0.6) is 0 Å². The quantitative estimate of drug-likeness (QED) is 0.765. The fourth-order valence-corrected chi connectivity index (χ4v) is 1.24. The first-order chi connectivity index (χ1) is 7.78. The molecule has 0 aliphatic heterocycles. The summed E-state index contributed by atoms with van der Waals surface area (Å²) in [7, 11) is 0. The van der Waals surface area contributed by atoms with E-state index in [9.17, 15) is 28.6 Å². The van der Waals surface area contributed by atoms with Gasteiger partial charge in [-0.25, -0.2) is 4.79 Å². The maximum Gasteiger partial charge on any atom is 0.336 e. The van der Waals surface area contributed by atoms with Gasteiger partial charge < -0.3 is 20.1 Å². The summed E-state index contributed by atoms with van der Waals surface area (Å²) in [6.07, 6.45) is -2.78. The van der Waals surface area contributed by atoms with E-state index < -0.39 is 35.1 Å². The van der Waals surface area contributed by atoms with Crippen LogP contribution in [-0.4, -0.2) is 28.1 Å². The third kappa shape index (κ3) is 2.39. The monoisotopic (exact) mass is 245 g/mol. The highest BCUT2D eigenvalue weighted by atomic mass is 19.3. The average Bonchev–Trinajstić information content (AvgIpc) is 2.27. The molecule has 0 radical (unpaired) electrons. The molecule has 0 fully saturated rings. The van der Waals surface area contributed by atoms with Gasteiger partial charge in [-0.3, -0.25) is 0 Å². The van der Waals surface area contributed by atoms with E-state index in [1.54, 1.807) is 0 Å². The zero-order chi connectivity index (χ0) is 13.2. The fraction of sp³-hybridized carbons (Fsp3) is 0.200. The predicted octanol–water partition coefficient (Wildman–Crippen LogP) is -0.197. The zero-order valence-corrected chi connectivity index (χ0v) is 8.26. The van der Waals surface area contributed by atoms with Crippen LogP contribution in [0, 0.1) is 0 Å². The summed E-state index contributed by atoms with van der Waals surface area (Å²) >= 11 is 0. The number of halogens is 2. The van der Waals surface area contributed by atoms with Crippen LogP contribution in [0.1, 0.15) is 22.0 Å². The van der Waals surface area contributed by atoms with Gasteiger partial charge in [-0.2, -0.15) is 8.78 Å². The predicted molar refractivity (Wildman–Crippen MR) is 48.3 cm³/mol. The van der Waals surface area contributed by atoms with Gasteiger partial charge in [0.25, 0.3) is 0 Å². The van der Waals surface area contributed by atoms with E-state index in [-0.39, 0.29) is 0 Å². The number of benzene rings is 1. The highest BCUT2D eigenvalue weighted by Crippen LogP contribution is 2.32. The number of alkyl halides is 2. The fourth-order valence-electron chi connectivity index (χ4n) is 1.24. The van der Waals surface area contributed by atoms with Crippen LogP contribution in [0.25, 0.3) is 0 Å². The summed E-state index contributed by atoms with van der Waals surface area (Å²) in [5.41, 5.74) is -1.28. The molecule has 92 valence electrons. The van der Waals surface area contributed by atoms with Crippen molar-refractivity contribution in [2.75, 3.05) is 0 Å². The molecule has 0 saturated heterocycles. The van der Waals surface area contributed by atoms with Crippen LogP contribution in [0.15, 0.2) is 24.3 Å². The Morgan fingerprint density at radius 2 is 1.82 bits per heavy atom. The van der Waals surface area contributed by atoms with E-state index in [0.29, 0.717) is 0 Å². The number of carboxylic acids is 2. The Kier molecular flexibility index (Phi) is 3.42. The molecule has 0 aliphatic rings. The summed E-state index contributed by atoms with van der Waals surface area (Å²) in [6.45, 7) is 0. The lowest BCUT2D eigenvalue weighted by atomic mass is 9.98. The molecule has 0 aliphatic carbocycles. The number of hydrogen-bond donors (Lipinski definition) is 2. The van der Waals surface area contributed by atoms with Gasteiger partial charge >= 0.3 is 11.9 Å². The van der Waals surface area contributed by atoms with Gasteiger partial charge in [0, 0.05) is 5.56 Å². The lowest BCUT2D eigenvalue weighted by Crippen LogP contribution is -2.46. The van der Waals surface area contributed by atoms with Crippen molar-refractivity contribution in [2.24, 2.45) is 0 Å². The van der Waals surface area contributed by atoms with Gasteiger partial charge in [-0.15, -0.1) is 0 Å². The lowest BCUT2D eigenvalue weighted by molar-refractivity contribution is -0.336. The van der Waals surface area contributed by atoms with Crippen LogP contribution in [0.2, 0.25) is 0 Å². The molecule has 5 nitrogen and oxygen atoms in total. The Morgan fingerprint density at radius 1 is 1.29 bits per heavy atom. The summed E-state index contributed by atoms with van der Waals surface area (Å²) in [4.78, 5) is 20.9. The number of aromatic carboxylic acids is 1. The molecule has 1 atom stereocenters. The number of aliphatic hydroxyl groups excluding tert-OH is 1. The summed E-state index contributed by atoms with van der Waals surface area (Å²) in [5.74, 6) is -8.88. The van der Waals surface area contributed by atoms with Gasteiger partial charge in [0.1, 0.15) is 12.1 Å². The number of rotatable bonds is 4. The molecule has 1 rings (SSSR count). The van der Waals surface area contributed by atoms with Crippen molar-refractivity contribution in [3.63, 3.8) is 0 Å². The number of carbonyl (C=O) groups excluding carboxylic acids is 1. The maximum atomic E-state index is 13.0. The molecule has 0 heterocycles. The summed E-state index contributed by atoms with van der Waals surface area (Å²) < 4.78 is 25.9. The van der Waals surface area contributed by atoms with Crippen molar-refractivity contribution in [2.45, 2.75) is 12.0 Å². The number of aliphatic carboxylic acids is 1. The van der Waals surface area contributed by atoms with Crippen LogP contribution < -0.4 is 5.11 Å². The van der Waals surface area contributed by atoms with E-state index >= 15 is 0 Å². The number of carbonyl (C=O) groups is 2. The average molecular weight is 245 g/mol. The molecule has 7 heteroatoms. The van der Waals surface area contributed by atoms with Crippen molar-refractivity contribution in [1.29, 1.82) is 0 Å². The van der Waals surface area contributed by atoms with Crippen LogP contribution in [0.3, 0.4) is 0 Å². The molecule has 0 aromatic heterocycles. The zero-order valence-electron chi connectivity index (χ0n) is 8.26. The van der Waals surface area contributed by atoms with Crippen molar-refractivity contribution >= 4 is 11.9 Å². The molecule has 2 N–H and O–H groups in total. The molecule has 0 bridgehead atoms. The minimum absolute atomic E-state index is 0.596. The first-order valence-electron chi connectivity index (χ1n) is 4.38. The molecular weight excluding hydrogens is 238 g/mol. The van der Waals surface area contributed by atoms with Crippen LogP contribution >= 0.6 is 0 Å². The highest BCUT2D eigenvalue weighted by molar-refractivity contribution is 5.90. The van der Waals surface area contributed by atoms with E-state index in [2.05, 4.69) is 0 Å². The highest BCUT2D eigenvalue weighted by Gasteiger charge is 2.42. The van der Waals surface area contributed by atoms with Gasteiger partial charge in [-0.1, -0.05) is 18.2 Å². The Morgan fingerprint density at radius 3 is 2.29 bits per heavy atom. The van der Waals surface area contributed by atoms with Gasteiger partial charge in [0.05, 0.1) is 5.56 Å². The van der Waals surface area contributed by atoms with Crippen LogP contribution in [0.4, 0.5) is 8.78 Å². The normalized spacial score (nSPS) is 13.1. The second-order valence-corrected chi connectivity index (χ2v) is 3.21. The summed E-state index contributed by atoms with van der Waals surface area (Å²) in [6, 6.07) is 4.35. The van der Waals surface area contributed by atoms with Gasteiger partial charge in [0.15, 0.2) is 0 Å². The third-order valence-electron chi connectivity index (χ3n) is 2.10. The lowest BCUT2D eigenvalue weighted by Gasteiger charge is -2.24. The molecule has 0 amide bonds. The number of hydrogen-bond acceptors (Lipinski definition) is 4. The Hall–Kier alpha value is -2.02. The largest absolute Gasteiger partial charge is 0.544 e. The number of aliphatic hydroxyl groups is 1. The molecule has 1 aromatic carbocycles. The molecule has 17 heavy (non-hydrogen) atoms. The standard InChI is InChI=1S/C10H8F2O5/c11-10(12,9(16)17)7(13)5-3-1-2-4-6(5)8(14)15/h1-4,7,13H,(H,14,15)(H,16,17)/p-1. The molecule has 0 spiro atoms. The smallest absolute Gasteiger partial charge is 0.336 e. The minimum Gasteiger partial charge on any atom is -0.544 e. The topological polar surface area (TPSA) is 97.7 Å². The van der Waals surface area contributed by atoms with Gasteiger partial charge in [-0.05, 0) is 6.07 Å². The molecular formula is C10H7F2O5-. The second kappa shape index (κ2) is 4.46. The summed E-state index contributed by atoms with van der Waals surface area (Å²) in [5, 5.41) is 28.1. The molecule has 1 unspecified atom stereocenters. The van der Waals surface area contributed by atoms with E-state index in [4.69, 9.17) is 5.11 Å². The van der Waals surface area contributed by atoms with Crippen molar-refractivity contribution in [1.82, 2.24) is 0 Å². The van der Waals surface area contributed by atoms with Crippen LogP contribution in [-0.2, 0) is 4.79 Å². The van der Waals surface area contributed by atoms with Crippen molar-refractivity contribution in [3.05, 3.63) is 35.4 Å². The van der Waals surface area contributed by atoms with E-state index in [0.717, 1.165) is 12.1 Å². The number of carboxylic acid groups (broad SMARTS) is 2. The Bertz CT molecular complexity index is 458. The molecule has 0 saturated carbocycles.